The number of pyridine rings is 1. The van der Waals surface area contributed by atoms with E-state index in [0.29, 0.717) is 56.2 Å². The van der Waals surface area contributed by atoms with Crippen molar-refractivity contribution in [3.63, 3.8) is 0 Å². The Morgan fingerprint density at radius 1 is 1.18 bits per heavy atom. The van der Waals surface area contributed by atoms with E-state index in [1.165, 1.54) is 6.07 Å². The van der Waals surface area contributed by atoms with Gasteiger partial charge in [-0.3, -0.25) is 9.59 Å². The summed E-state index contributed by atoms with van der Waals surface area (Å²) in [6.07, 6.45) is -0.346. The number of rotatable bonds is 6. The van der Waals surface area contributed by atoms with Crippen LogP contribution in [0.15, 0.2) is 29.3 Å². The van der Waals surface area contributed by atoms with E-state index in [0.717, 1.165) is 25.1 Å². The summed E-state index contributed by atoms with van der Waals surface area (Å²) in [6.45, 7) is 4.21. The van der Waals surface area contributed by atoms with Crippen LogP contribution in [-0.4, -0.2) is 70.9 Å². The van der Waals surface area contributed by atoms with Crippen molar-refractivity contribution in [3.8, 4) is 0 Å². The fourth-order valence-corrected chi connectivity index (χ4v) is 4.19. The smallest absolute Gasteiger partial charge is 0.381 e. The first kappa shape index (κ1) is 24.0. The Morgan fingerprint density at radius 3 is 2.59 bits per heavy atom. The average molecular weight is 480 g/mol. The minimum Gasteiger partial charge on any atom is -0.381 e. The third kappa shape index (κ3) is 5.66. The highest BCUT2D eigenvalue weighted by Crippen LogP contribution is 2.29. The zero-order chi connectivity index (χ0) is 24.3. The van der Waals surface area contributed by atoms with Crippen molar-refractivity contribution in [3.05, 3.63) is 46.0 Å². The summed E-state index contributed by atoms with van der Waals surface area (Å²) < 4.78 is 44.2. The minimum absolute atomic E-state index is 0.00766. The number of hydrogen-bond acceptors (Lipinski definition) is 7. The third-order valence-electron chi connectivity index (χ3n) is 6.25. The predicted molar refractivity (Wildman–Crippen MR) is 119 cm³/mol. The first-order valence-corrected chi connectivity index (χ1v) is 11.2. The zero-order valence-corrected chi connectivity index (χ0v) is 18.8. The number of amides is 1. The molecule has 2 atom stereocenters. The van der Waals surface area contributed by atoms with Crippen molar-refractivity contribution >= 4 is 17.4 Å². The number of piperazine rings is 1. The van der Waals surface area contributed by atoms with Crippen molar-refractivity contribution in [2.24, 2.45) is 0 Å². The maximum atomic E-state index is 12.7. The second-order valence-corrected chi connectivity index (χ2v) is 8.55. The molecule has 0 bridgehead atoms. The van der Waals surface area contributed by atoms with E-state index in [4.69, 9.17) is 4.74 Å². The van der Waals surface area contributed by atoms with E-state index in [1.54, 1.807) is 18.0 Å². The van der Waals surface area contributed by atoms with Gasteiger partial charge in [0.2, 0.25) is 5.91 Å². The fourth-order valence-electron chi connectivity index (χ4n) is 4.19. The van der Waals surface area contributed by atoms with Gasteiger partial charge < -0.3 is 19.9 Å². The lowest BCUT2D eigenvalue weighted by molar-refractivity contribution is -0.138. The first-order valence-electron chi connectivity index (χ1n) is 11.2. The molecule has 0 aliphatic carbocycles. The highest BCUT2D eigenvalue weighted by molar-refractivity contribution is 5.77. The Hall–Kier alpha value is -3.15. The lowest BCUT2D eigenvalue weighted by Gasteiger charge is -2.36. The number of nitrogens with one attached hydrogen (secondary N) is 2. The lowest BCUT2D eigenvalue weighted by Crippen LogP contribution is -2.49. The van der Waals surface area contributed by atoms with E-state index in [2.05, 4.69) is 20.5 Å². The van der Waals surface area contributed by atoms with Gasteiger partial charge in [0.25, 0.3) is 5.56 Å². The topological polar surface area (TPSA) is 103 Å². The van der Waals surface area contributed by atoms with Gasteiger partial charge in [-0.1, -0.05) is 0 Å². The van der Waals surface area contributed by atoms with Crippen LogP contribution in [0.5, 0.6) is 0 Å². The standard InChI is InChI=1S/C22H27F3N6O3/c1-14-18(13-28-29-21(14)33)26-12-17-4-3-16(34-17)10-20(32)31-8-6-30(7-9-31)19-5-2-15(11-27-19)22(23,24)25/h2,5,11,13,16-17H,3-4,6-10,12H2,1H3,(H2,26,29,33)/t16-,17+/m1/s1. The molecule has 0 radical (unpaired) electrons. The van der Waals surface area contributed by atoms with Crippen LogP contribution in [0.25, 0.3) is 0 Å². The van der Waals surface area contributed by atoms with E-state index < -0.39 is 11.7 Å². The van der Waals surface area contributed by atoms with Crippen LogP contribution in [-0.2, 0) is 15.7 Å². The second-order valence-electron chi connectivity index (χ2n) is 8.55. The molecule has 2 aromatic heterocycles. The van der Waals surface area contributed by atoms with Crippen molar-refractivity contribution in [1.29, 1.82) is 0 Å². The highest BCUT2D eigenvalue weighted by Gasteiger charge is 2.32. The highest BCUT2D eigenvalue weighted by atomic mass is 19.4. The van der Waals surface area contributed by atoms with Gasteiger partial charge in [-0.05, 0) is 31.9 Å². The molecule has 184 valence electrons. The average Bonchev–Trinajstić information content (AvgIpc) is 3.27. The van der Waals surface area contributed by atoms with Crippen molar-refractivity contribution in [2.75, 3.05) is 42.9 Å². The fraction of sp³-hybridized carbons (Fsp3) is 0.545. The number of ether oxygens (including phenoxy) is 1. The number of anilines is 2. The maximum absolute atomic E-state index is 12.7. The van der Waals surface area contributed by atoms with Crippen LogP contribution in [0.1, 0.15) is 30.4 Å². The Labute approximate surface area is 194 Å². The molecule has 12 heteroatoms. The molecule has 4 rings (SSSR count). The Kier molecular flexibility index (Phi) is 7.05. The number of aromatic amines is 1. The van der Waals surface area contributed by atoms with Gasteiger partial charge >= 0.3 is 6.18 Å². The molecular formula is C22H27F3N6O3. The number of nitrogens with zero attached hydrogens (tertiary/aromatic N) is 4. The van der Waals surface area contributed by atoms with E-state index in [1.807, 2.05) is 4.90 Å². The number of H-pyrrole nitrogens is 1. The SMILES string of the molecule is Cc1c(NC[C@@H]2CC[C@H](CC(=O)N3CCN(c4ccc(C(F)(F)F)cn4)CC3)O2)cn[nH]c1=O. The number of aromatic nitrogens is 3. The Bertz CT molecular complexity index is 1050. The summed E-state index contributed by atoms with van der Waals surface area (Å²) in [5.74, 6) is 0.480. The molecule has 2 fully saturated rings. The summed E-state index contributed by atoms with van der Waals surface area (Å²) in [5, 5.41) is 9.36. The monoisotopic (exact) mass is 480 g/mol. The number of alkyl halides is 3. The number of halogens is 3. The van der Waals surface area contributed by atoms with Gasteiger partial charge in [0.1, 0.15) is 5.82 Å². The molecule has 2 aliphatic rings. The Morgan fingerprint density at radius 2 is 1.91 bits per heavy atom. The molecule has 1 amide bonds. The third-order valence-corrected chi connectivity index (χ3v) is 6.25. The van der Waals surface area contributed by atoms with E-state index in [-0.39, 0.29) is 23.7 Å². The van der Waals surface area contributed by atoms with Crippen LogP contribution >= 0.6 is 0 Å². The quantitative estimate of drug-likeness (QED) is 0.653. The Balaban J connectivity index is 1.21. The van der Waals surface area contributed by atoms with E-state index >= 15 is 0 Å². The van der Waals surface area contributed by atoms with Crippen LogP contribution in [0, 0.1) is 6.92 Å². The van der Waals surface area contributed by atoms with Gasteiger partial charge in [0, 0.05) is 44.5 Å². The van der Waals surface area contributed by atoms with Gasteiger partial charge in [-0.25, -0.2) is 10.1 Å². The van der Waals surface area contributed by atoms with Crippen molar-refractivity contribution < 1.29 is 22.7 Å². The summed E-state index contributed by atoms with van der Waals surface area (Å²) in [7, 11) is 0. The predicted octanol–water partition coefficient (Wildman–Crippen LogP) is 2.19. The number of hydrogen-bond donors (Lipinski definition) is 2. The van der Waals surface area contributed by atoms with Crippen molar-refractivity contribution in [2.45, 2.75) is 44.6 Å². The molecule has 9 nitrogen and oxygen atoms in total. The molecule has 4 heterocycles. The molecule has 0 spiro atoms. The first-order chi connectivity index (χ1) is 16.2. The summed E-state index contributed by atoms with van der Waals surface area (Å²) in [5.41, 5.74) is 0.201. The van der Waals surface area contributed by atoms with E-state index in [9.17, 15) is 22.8 Å². The molecule has 0 unspecified atom stereocenters. The lowest BCUT2D eigenvalue weighted by atomic mass is 10.1. The number of carbonyl (C=O) groups is 1. The normalized spacial score (nSPS) is 21.1. The molecule has 2 saturated heterocycles. The molecule has 34 heavy (non-hydrogen) atoms. The second kappa shape index (κ2) is 10.00. The van der Waals surface area contributed by atoms with Crippen LogP contribution < -0.4 is 15.8 Å². The largest absolute Gasteiger partial charge is 0.417 e. The van der Waals surface area contributed by atoms with Gasteiger partial charge in [0.15, 0.2) is 0 Å². The molecule has 2 aromatic rings. The molecule has 0 saturated carbocycles. The molecule has 2 N–H and O–H groups in total. The van der Waals surface area contributed by atoms with Crippen LogP contribution in [0.2, 0.25) is 0 Å². The maximum Gasteiger partial charge on any atom is 0.417 e. The van der Waals surface area contributed by atoms with Gasteiger partial charge in [-0.15, -0.1) is 0 Å². The summed E-state index contributed by atoms with van der Waals surface area (Å²) in [6, 6.07) is 2.39. The minimum atomic E-state index is -4.41. The van der Waals surface area contributed by atoms with Crippen LogP contribution in [0.4, 0.5) is 24.7 Å². The number of carbonyl (C=O) groups excluding carboxylic acids is 1. The summed E-state index contributed by atoms with van der Waals surface area (Å²) >= 11 is 0. The summed E-state index contributed by atoms with van der Waals surface area (Å²) in [4.78, 5) is 32.0. The van der Waals surface area contributed by atoms with Gasteiger partial charge in [0.05, 0.1) is 36.1 Å². The molecule has 0 aromatic carbocycles. The van der Waals surface area contributed by atoms with Crippen molar-refractivity contribution in [1.82, 2.24) is 20.1 Å². The zero-order valence-electron chi connectivity index (χ0n) is 18.8. The molecule has 2 aliphatic heterocycles. The van der Waals surface area contributed by atoms with Gasteiger partial charge in [-0.2, -0.15) is 18.3 Å². The molecular weight excluding hydrogens is 453 g/mol. The van der Waals surface area contributed by atoms with Crippen LogP contribution in [0.3, 0.4) is 0 Å².